The molecule has 1 aromatic heterocycles. The Hall–Kier alpha value is -4.21. The number of methoxy groups -OCH3 is 1. The average Bonchev–Trinajstić information content (AvgIpc) is 2.87. The highest BCUT2D eigenvalue weighted by Gasteiger charge is 2.26. The van der Waals surface area contributed by atoms with Crippen LogP contribution in [0.4, 0.5) is 8.78 Å². The van der Waals surface area contributed by atoms with Crippen LogP contribution in [0.3, 0.4) is 0 Å². The second-order valence-electron chi connectivity index (χ2n) is 8.83. The Morgan fingerprint density at radius 2 is 1.65 bits per heavy atom. The molecule has 4 rings (SSSR count). The Morgan fingerprint density at radius 1 is 0.973 bits per heavy atom. The summed E-state index contributed by atoms with van der Waals surface area (Å²) in [4.78, 5) is 29.2. The number of benzene rings is 2. The van der Waals surface area contributed by atoms with E-state index in [1.165, 1.54) is 37.4 Å². The third kappa shape index (κ3) is 6.93. The standard InChI is InChI=1S/C27H27F2N3O5/c1-36-24-11-2-16(12-23(24)33)13-25(34)31-19-5-7-20(8-6-19)32-26(35)22-14-18(29)15-30-27(22)37-21-9-3-17(28)4-10-21/h2-4,9-12,14-15,19-20,33H,5-8,13H2,1H3,(H,31,34)(H,32,35). The lowest BCUT2D eigenvalue weighted by molar-refractivity contribution is -0.121. The van der Waals surface area contributed by atoms with E-state index < -0.39 is 17.5 Å². The number of carbonyl (C=O) groups is 2. The van der Waals surface area contributed by atoms with Gasteiger partial charge in [-0.05, 0) is 73.7 Å². The number of aromatic nitrogens is 1. The number of amides is 2. The minimum Gasteiger partial charge on any atom is -0.504 e. The van der Waals surface area contributed by atoms with Crippen molar-refractivity contribution < 1.29 is 33.0 Å². The van der Waals surface area contributed by atoms with Crippen molar-refractivity contribution in [3.05, 3.63) is 77.5 Å². The Labute approximate surface area is 212 Å². The fourth-order valence-electron chi connectivity index (χ4n) is 4.24. The zero-order valence-electron chi connectivity index (χ0n) is 20.2. The van der Waals surface area contributed by atoms with Crippen LogP contribution < -0.4 is 20.1 Å². The molecule has 0 saturated heterocycles. The van der Waals surface area contributed by atoms with Crippen molar-refractivity contribution in [2.45, 2.75) is 44.2 Å². The number of halogens is 2. The molecule has 2 amide bonds. The number of hydrogen-bond acceptors (Lipinski definition) is 6. The molecule has 37 heavy (non-hydrogen) atoms. The van der Waals surface area contributed by atoms with E-state index in [4.69, 9.17) is 9.47 Å². The summed E-state index contributed by atoms with van der Waals surface area (Å²) in [5.41, 5.74) is 0.599. The molecule has 0 unspecified atom stereocenters. The van der Waals surface area contributed by atoms with Gasteiger partial charge in [0, 0.05) is 12.1 Å². The normalized spacial score (nSPS) is 17.1. The summed E-state index contributed by atoms with van der Waals surface area (Å²) in [6, 6.07) is 10.8. The summed E-state index contributed by atoms with van der Waals surface area (Å²) in [6.07, 6.45) is 3.62. The minimum absolute atomic E-state index is 0.0243. The maximum absolute atomic E-state index is 13.9. The van der Waals surface area contributed by atoms with Gasteiger partial charge in [-0.15, -0.1) is 0 Å². The Morgan fingerprint density at radius 3 is 2.30 bits per heavy atom. The highest BCUT2D eigenvalue weighted by molar-refractivity contribution is 5.96. The molecule has 0 aliphatic heterocycles. The molecule has 10 heteroatoms. The Balaban J connectivity index is 1.29. The molecule has 1 saturated carbocycles. The predicted molar refractivity (Wildman–Crippen MR) is 131 cm³/mol. The van der Waals surface area contributed by atoms with E-state index in [9.17, 15) is 23.5 Å². The van der Waals surface area contributed by atoms with E-state index in [1.54, 1.807) is 12.1 Å². The molecule has 1 fully saturated rings. The highest BCUT2D eigenvalue weighted by atomic mass is 19.1. The number of phenols is 1. The topological polar surface area (TPSA) is 110 Å². The van der Waals surface area contributed by atoms with Crippen LogP contribution in [0.5, 0.6) is 23.1 Å². The number of hydrogen-bond donors (Lipinski definition) is 3. The molecular weight excluding hydrogens is 484 g/mol. The van der Waals surface area contributed by atoms with Gasteiger partial charge in [0.2, 0.25) is 11.8 Å². The van der Waals surface area contributed by atoms with Gasteiger partial charge < -0.3 is 25.2 Å². The molecule has 0 spiro atoms. The largest absolute Gasteiger partial charge is 0.504 e. The van der Waals surface area contributed by atoms with Crippen molar-refractivity contribution >= 4 is 11.8 Å². The first-order valence-corrected chi connectivity index (χ1v) is 11.9. The first-order valence-electron chi connectivity index (χ1n) is 11.9. The van der Waals surface area contributed by atoms with E-state index in [0.29, 0.717) is 37.0 Å². The van der Waals surface area contributed by atoms with Crippen molar-refractivity contribution in [1.82, 2.24) is 15.6 Å². The monoisotopic (exact) mass is 511 g/mol. The third-order valence-electron chi connectivity index (χ3n) is 6.13. The van der Waals surface area contributed by atoms with Gasteiger partial charge in [0.15, 0.2) is 11.5 Å². The molecule has 1 aliphatic rings. The lowest BCUT2D eigenvalue weighted by Gasteiger charge is -2.29. The van der Waals surface area contributed by atoms with E-state index in [1.807, 2.05) is 0 Å². The summed E-state index contributed by atoms with van der Waals surface area (Å²) in [6.45, 7) is 0. The highest BCUT2D eigenvalue weighted by Crippen LogP contribution is 2.27. The van der Waals surface area contributed by atoms with E-state index in [-0.39, 0.29) is 47.4 Å². The zero-order chi connectivity index (χ0) is 26.4. The summed E-state index contributed by atoms with van der Waals surface area (Å²) >= 11 is 0. The maximum atomic E-state index is 13.9. The number of nitrogens with one attached hydrogen (secondary N) is 2. The molecule has 0 atom stereocenters. The lowest BCUT2D eigenvalue weighted by atomic mass is 9.90. The molecule has 1 heterocycles. The second-order valence-corrected chi connectivity index (χ2v) is 8.83. The summed E-state index contributed by atoms with van der Waals surface area (Å²) in [5, 5.41) is 15.8. The molecule has 0 bridgehead atoms. The van der Waals surface area contributed by atoms with Gasteiger partial charge in [-0.25, -0.2) is 13.8 Å². The molecule has 194 valence electrons. The van der Waals surface area contributed by atoms with E-state index >= 15 is 0 Å². The Kier molecular flexibility index (Phi) is 8.17. The maximum Gasteiger partial charge on any atom is 0.257 e. The molecule has 3 aromatic rings. The average molecular weight is 512 g/mol. The number of aromatic hydroxyl groups is 1. The van der Waals surface area contributed by atoms with Crippen LogP contribution in [0.2, 0.25) is 0 Å². The number of pyridine rings is 1. The van der Waals surface area contributed by atoms with Gasteiger partial charge in [-0.2, -0.15) is 0 Å². The molecule has 0 radical (unpaired) electrons. The Bertz CT molecular complexity index is 1260. The SMILES string of the molecule is COc1ccc(CC(=O)NC2CCC(NC(=O)c3cc(F)cnc3Oc3ccc(F)cc3)CC2)cc1O. The van der Waals surface area contributed by atoms with Gasteiger partial charge in [0.1, 0.15) is 22.9 Å². The molecule has 3 N–H and O–H groups in total. The van der Waals surface area contributed by atoms with Crippen molar-refractivity contribution in [3.63, 3.8) is 0 Å². The zero-order valence-corrected chi connectivity index (χ0v) is 20.2. The fourth-order valence-corrected chi connectivity index (χ4v) is 4.24. The molecule has 1 aliphatic carbocycles. The van der Waals surface area contributed by atoms with E-state index in [2.05, 4.69) is 15.6 Å². The van der Waals surface area contributed by atoms with Crippen LogP contribution in [0.25, 0.3) is 0 Å². The van der Waals surface area contributed by atoms with Crippen LogP contribution in [-0.4, -0.2) is 41.1 Å². The predicted octanol–water partition coefficient (Wildman–Crippen LogP) is 4.27. The number of phenolic OH excluding ortho intramolecular Hbond substituents is 1. The van der Waals surface area contributed by atoms with E-state index in [0.717, 1.165) is 12.3 Å². The molecular formula is C27H27F2N3O5. The molecule has 8 nitrogen and oxygen atoms in total. The summed E-state index contributed by atoms with van der Waals surface area (Å²) in [7, 11) is 1.45. The van der Waals surface area contributed by atoms with Crippen LogP contribution in [0.1, 0.15) is 41.6 Å². The van der Waals surface area contributed by atoms with Crippen molar-refractivity contribution in [3.8, 4) is 23.1 Å². The van der Waals surface area contributed by atoms with Crippen molar-refractivity contribution in [2.24, 2.45) is 0 Å². The quantitative estimate of drug-likeness (QED) is 0.417. The van der Waals surface area contributed by atoms with Crippen LogP contribution in [0.15, 0.2) is 54.7 Å². The van der Waals surface area contributed by atoms with Gasteiger partial charge in [0.05, 0.1) is 19.7 Å². The molecule has 2 aromatic carbocycles. The van der Waals surface area contributed by atoms with Crippen LogP contribution in [-0.2, 0) is 11.2 Å². The number of carbonyl (C=O) groups excluding carboxylic acids is 2. The van der Waals surface area contributed by atoms with Crippen LogP contribution >= 0.6 is 0 Å². The van der Waals surface area contributed by atoms with Crippen molar-refractivity contribution in [2.75, 3.05) is 7.11 Å². The van der Waals surface area contributed by atoms with Gasteiger partial charge >= 0.3 is 0 Å². The van der Waals surface area contributed by atoms with Gasteiger partial charge in [-0.3, -0.25) is 9.59 Å². The summed E-state index contributed by atoms with van der Waals surface area (Å²) < 4.78 is 37.6. The number of ether oxygens (including phenoxy) is 2. The van der Waals surface area contributed by atoms with Gasteiger partial charge in [-0.1, -0.05) is 6.07 Å². The fraction of sp³-hybridized carbons (Fsp3) is 0.296. The second kappa shape index (κ2) is 11.7. The third-order valence-corrected chi connectivity index (χ3v) is 6.13. The summed E-state index contributed by atoms with van der Waals surface area (Å²) in [5.74, 6) is -1.33. The first kappa shape index (κ1) is 25.9. The van der Waals surface area contributed by atoms with Gasteiger partial charge in [0.25, 0.3) is 5.91 Å². The van der Waals surface area contributed by atoms with Crippen LogP contribution in [0, 0.1) is 11.6 Å². The van der Waals surface area contributed by atoms with Crippen molar-refractivity contribution in [1.29, 1.82) is 0 Å². The smallest absolute Gasteiger partial charge is 0.257 e. The minimum atomic E-state index is -0.687. The number of rotatable bonds is 8. The first-order chi connectivity index (χ1) is 17.8. The lowest BCUT2D eigenvalue weighted by Crippen LogP contribution is -2.44. The number of nitrogens with zero attached hydrogens (tertiary/aromatic N) is 1.